The third-order valence-electron chi connectivity index (χ3n) is 4.70. The van der Waals surface area contributed by atoms with Crippen LogP contribution in [0.3, 0.4) is 0 Å². The molecule has 0 aromatic carbocycles. The molecule has 8 bridgehead atoms. The number of hydrogen-bond donors (Lipinski definition) is 3. The fourth-order valence-electron chi connectivity index (χ4n) is 3.49. The van der Waals surface area contributed by atoms with Crippen molar-refractivity contribution < 1.29 is 5.11 Å². The molecule has 0 fully saturated rings. The summed E-state index contributed by atoms with van der Waals surface area (Å²) in [7, 11) is 0. The Hall–Kier alpha value is -3.08. The van der Waals surface area contributed by atoms with E-state index in [1.165, 1.54) is 0 Å². The molecule has 25 heavy (non-hydrogen) atoms. The van der Waals surface area contributed by atoms with E-state index in [1.807, 2.05) is 12.1 Å². The minimum absolute atomic E-state index is 0.249. The van der Waals surface area contributed by atoms with Crippen molar-refractivity contribution in [1.82, 2.24) is 19.9 Å². The van der Waals surface area contributed by atoms with Crippen LogP contribution in [-0.2, 0) is 25.7 Å². The molecule has 2 aliphatic rings. The number of aromatic nitrogens is 4. The number of aromatic hydroxyl groups is 1. The minimum Gasteiger partial charge on any atom is -0.506 e. The Bertz CT molecular complexity index is 1120. The summed E-state index contributed by atoms with van der Waals surface area (Å²) in [6.07, 6.45) is 3.64. The summed E-state index contributed by atoms with van der Waals surface area (Å²) >= 11 is 0. The second-order valence-corrected chi connectivity index (χ2v) is 6.66. The van der Waals surface area contributed by atoms with Gasteiger partial charge in [-0.15, -0.1) is 0 Å². The van der Waals surface area contributed by atoms with Crippen LogP contribution in [0, 0.1) is 0 Å². The zero-order chi connectivity index (χ0) is 16.8. The first kappa shape index (κ1) is 14.3. The maximum atomic E-state index is 10.2. The van der Waals surface area contributed by atoms with Crippen molar-refractivity contribution in [2.24, 2.45) is 0 Å². The summed E-state index contributed by atoms with van der Waals surface area (Å²) in [5.41, 5.74) is 7.82. The summed E-state index contributed by atoms with van der Waals surface area (Å²) in [6, 6.07) is 14.0. The summed E-state index contributed by atoms with van der Waals surface area (Å²) < 4.78 is 0. The molecule has 0 atom stereocenters. The van der Waals surface area contributed by atoms with Crippen LogP contribution in [0.5, 0.6) is 5.75 Å². The predicted octanol–water partition coefficient (Wildman–Crippen LogP) is 3.59. The third kappa shape index (κ3) is 2.78. The summed E-state index contributed by atoms with van der Waals surface area (Å²) in [5, 5.41) is 10.2. The van der Waals surface area contributed by atoms with E-state index in [4.69, 9.17) is 4.98 Å². The molecule has 5 nitrogen and oxygen atoms in total. The standard InChI is InChI=1S/C20H18N4O/c25-20-11-18-9-16-4-3-14(22-16)7-12-1-2-13(21-12)8-15-5-6-17(23-15)10-19(20)24-18/h1-2,7-11,21,24-25H,3-6H2. The lowest BCUT2D eigenvalue weighted by molar-refractivity contribution is 0.482. The highest BCUT2D eigenvalue weighted by Crippen LogP contribution is 2.22. The molecular formula is C20H18N4O. The lowest BCUT2D eigenvalue weighted by Gasteiger charge is -1.86. The van der Waals surface area contributed by atoms with Crippen LogP contribution in [0.25, 0.3) is 22.1 Å². The van der Waals surface area contributed by atoms with Crippen molar-refractivity contribution in [3.8, 4) is 5.75 Å². The summed E-state index contributed by atoms with van der Waals surface area (Å²) in [6.45, 7) is 0. The molecule has 5 heterocycles. The predicted molar refractivity (Wildman–Crippen MR) is 97.5 cm³/mol. The van der Waals surface area contributed by atoms with E-state index in [1.54, 1.807) is 6.07 Å². The normalized spacial score (nSPS) is 13.9. The molecule has 0 radical (unpaired) electrons. The monoisotopic (exact) mass is 330 g/mol. The molecule has 5 rings (SSSR count). The Morgan fingerprint density at radius 2 is 1.16 bits per heavy atom. The molecule has 0 saturated heterocycles. The van der Waals surface area contributed by atoms with Crippen LogP contribution in [0.2, 0.25) is 0 Å². The van der Waals surface area contributed by atoms with Gasteiger partial charge in [0.2, 0.25) is 0 Å². The number of H-pyrrole nitrogens is 2. The van der Waals surface area contributed by atoms with Crippen LogP contribution in [0.1, 0.15) is 22.8 Å². The minimum atomic E-state index is 0.249. The van der Waals surface area contributed by atoms with Crippen molar-refractivity contribution in [2.75, 3.05) is 0 Å². The smallest absolute Gasteiger partial charge is 0.141 e. The number of aromatic amines is 2. The highest BCUT2D eigenvalue weighted by molar-refractivity contribution is 5.69. The van der Waals surface area contributed by atoms with Crippen molar-refractivity contribution in [1.29, 1.82) is 0 Å². The zero-order valence-electron chi connectivity index (χ0n) is 13.7. The lowest BCUT2D eigenvalue weighted by Crippen LogP contribution is -1.78. The van der Waals surface area contributed by atoms with Gasteiger partial charge >= 0.3 is 0 Å². The van der Waals surface area contributed by atoms with E-state index in [9.17, 15) is 5.11 Å². The number of rotatable bonds is 0. The Morgan fingerprint density at radius 3 is 1.76 bits per heavy atom. The third-order valence-corrected chi connectivity index (χ3v) is 4.70. The van der Waals surface area contributed by atoms with Gasteiger partial charge in [-0.2, -0.15) is 0 Å². The van der Waals surface area contributed by atoms with Gasteiger partial charge in [0.15, 0.2) is 0 Å². The molecule has 3 N–H and O–H groups in total. The molecule has 0 spiro atoms. The van der Waals surface area contributed by atoms with Gasteiger partial charge in [-0.05, 0) is 62.1 Å². The SMILES string of the molecule is Oc1cc2cc3nc(cc4ccc(cc5nc(cc1[nH]2)CC5)[nH]4)CC3. The van der Waals surface area contributed by atoms with Crippen LogP contribution < -0.4 is 0 Å². The summed E-state index contributed by atoms with van der Waals surface area (Å²) in [4.78, 5) is 16.1. The average molecular weight is 330 g/mol. The van der Waals surface area contributed by atoms with Gasteiger partial charge in [-0.3, -0.25) is 9.97 Å². The quantitative estimate of drug-likeness (QED) is 0.589. The van der Waals surface area contributed by atoms with E-state index < -0.39 is 0 Å². The first-order chi connectivity index (χ1) is 12.2. The second kappa shape index (κ2) is 5.48. The Morgan fingerprint density at radius 1 is 0.640 bits per heavy atom. The fraction of sp³-hybridized carbons (Fsp3) is 0.200. The van der Waals surface area contributed by atoms with Gasteiger partial charge in [0, 0.05) is 45.4 Å². The largest absolute Gasteiger partial charge is 0.506 e. The number of hydrogen-bond acceptors (Lipinski definition) is 3. The average Bonchev–Trinajstić information content (AvgIpc) is 3.33. The molecular weight excluding hydrogens is 312 g/mol. The number of nitrogens with one attached hydrogen (secondary N) is 2. The molecule has 0 unspecified atom stereocenters. The van der Waals surface area contributed by atoms with Gasteiger partial charge in [-0.25, -0.2) is 0 Å². The van der Waals surface area contributed by atoms with E-state index in [2.05, 4.69) is 39.2 Å². The van der Waals surface area contributed by atoms with E-state index in [0.29, 0.717) is 5.52 Å². The number of nitrogens with zero attached hydrogens (tertiary/aromatic N) is 2. The van der Waals surface area contributed by atoms with Crippen LogP contribution in [0.4, 0.5) is 0 Å². The molecule has 0 saturated carbocycles. The van der Waals surface area contributed by atoms with Crippen LogP contribution >= 0.6 is 0 Å². The van der Waals surface area contributed by atoms with Gasteiger partial charge < -0.3 is 15.1 Å². The Labute approximate surface area is 144 Å². The molecule has 2 aliphatic heterocycles. The first-order valence-corrected chi connectivity index (χ1v) is 8.58. The van der Waals surface area contributed by atoms with Gasteiger partial charge in [0.25, 0.3) is 0 Å². The van der Waals surface area contributed by atoms with Crippen molar-refractivity contribution in [3.05, 3.63) is 65.2 Å². The molecule has 124 valence electrons. The molecule has 0 amide bonds. The highest BCUT2D eigenvalue weighted by atomic mass is 16.3. The van der Waals surface area contributed by atoms with Gasteiger partial charge in [-0.1, -0.05) is 0 Å². The Kier molecular flexibility index (Phi) is 3.13. The number of fused-ring (bicyclic) bond motifs is 8. The van der Waals surface area contributed by atoms with Crippen LogP contribution in [-0.4, -0.2) is 25.0 Å². The lowest BCUT2D eigenvalue weighted by atomic mass is 10.2. The summed E-state index contributed by atoms with van der Waals surface area (Å²) in [5.74, 6) is 0.249. The molecule has 0 aliphatic carbocycles. The second-order valence-electron chi connectivity index (χ2n) is 6.66. The topological polar surface area (TPSA) is 77.6 Å². The molecule has 5 heteroatoms. The maximum Gasteiger partial charge on any atom is 0.141 e. The van der Waals surface area contributed by atoms with E-state index in [0.717, 1.165) is 65.0 Å². The van der Waals surface area contributed by atoms with Gasteiger partial charge in [0.05, 0.1) is 5.52 Å². The Balaban J connectivity index is 1.84. The maximum absolute atomic E-state index is 10.2. The van der Waals surface area contributed by atoms with E-state index in [-0.39, 0.29) is 5.75 Å². The highest BCUT2D eigenvalue weighted by Gasteiger charge is 2.09. The zero-order valence-corrected chi connectivity index (χ0v) is 13.7. The van der Waals surface area contributed by atoms with Crippen LogP contribution in [0.15, 0.2) is 42.5 Å². The van der Waals surface area contributed by atoms with E-state index >= 15 is 0 Å². The van der Waals surface area contributed by atoms with Crippen molar-refractivity contribution in [2.45, 2.75) is 25.7 Å². The first-order valence-electron chi connectivity index (χ1n) is 8.58. The molecule has 3 aromatic heterocycles. The molecule has 3 aromatic rings. The van der Waals surface area contributed by atoms with Gasteiger partial charge in [0.1, 0.15) is 5.75 Å². The van der Waals surface area contributed by atoms with Crippen molar-refractivity contribution >= 4 is 22.1 Å². The fourth-order valence-corrected chi connectivity index (χ4v) is 3.49. The number of aryl methyl sites for hydroxylation is 4. The van der Waals surface area contributed by atoms with Crippen molar-refractivity contribution in [3.63, 3.8) is 0 Å².